The molecule has 8 heteroatoms. The molecule has 0 atom stereocenters. The lowest BCUT2D eigenvalue weighted by Gasteiger charge is -2.23. The summed E-state index contributed by atoms with van der Waals surface area (Å²) in [5.74, 6) is 1.05. The second-order valence-electron chi connectivity index (χ2n) is 4.21. The van der Waals surface area contributed by atoms with Gasteiger partial charge in [0.15, 0.2) is 11.6 Å². The molecule has 0 saturated heterocycles. The van der Waals surface area contributed by atoms with Crippen LogP contribution in [0.3, 0.4) is 0 Å². The van der Waals surface area contributed by atoms with Crippen LogP contribution in [-0.2, 0) is 0 Å². The first-order valence-corrected chi connectivity index (χ1v) is 6.35. The summed E-state index contributed by atoms with van der Waals surface area (Å²) < 4.78 is 1.69. The first-order valence-electron chi connectivity index (χ1n) is 6.35. The minimum absolute atomic E-state index is 0.329. The van der Waals surface area contributed by atoms with Crippen LogP contribution in [0.15, 0.2) is 25.0 Å². The molecule has 0 fully saturated rings. The van der Waals surface area contributed by atoms with E-state index in [2.05, 4.69) is 27.1 Å². The zero-order chi connectivity index (χ0) is 15.1. The van der Waals surface area contributed by atoms with E-state index in [0.717, 1.165) is 0 Å². The maximum Gasteiger partial charge on any atom is 0.166 e. The highest BCUT2D eigenvalue weighted by molar-refractivity contribution is 5.70. The van der Waals surface area contributed by atoms with Gasteiger partial charge in [0.25, 0.3) is 0 Å². The van der Waals surface area contributed by atoms with E-state index in [-0.39, 0.29) is 0 Å². The van der Waals surface area contributed by atoms with Gasteiger partial charge in [-0.1, -0.05) is 0 Å². The molecule has 0 aliphatic carbocycles. The minimum Gasteiger partial charge on any atom is -0.393 e. The summed E-state index contributed by atoms with van der Waals surface area (Å²) >= 11 is 0. The van der Waals surface area contributed by atoms with Gasteiger partial charge in [-0.15, -0.1) is 0 Å². The Labute approximate surface area is 122 Å². The van der Waals surface area contributed by atoms with E-state index >= 15 is 0 Å². The third-order valence-electron chi connectivity index (χ3n) is 2.88. The lowest BCUT2D eigenvalue weighted by atomic mass is 10.3. The number of hydrogen-bond donors (Lipinski definition) is 1. The van der Waals surface area contributed by atoms with Crippen LogP contribution >= 0.6 is 0 Å². The van der Waals surface area contributed by atoms with Crippen molar-refractivity contribution in [3.63, 3.8) is 0 Å². The molecule has 0 spiro atoms. The van der Waals surface area contributed by atoms with Gasteiger partial charge in [0.2, 0.25) is 0 Å². The summed E-state index contributed by atoms with van der Waals surface area (Å²) in [4.78, 5) is 14.1. The lowest BCUT2D eigenvalue weighted by Crippen LogP contribution is -2.27. The van der Waals surface area contributed by atoms with Crippen molar-refractivity contribution in [1.82, 2.24) is 19.5 Å². The molecule has 2 aromatic rings. The Morgan fingerprint density at radius 2 is 1.90 bits per heavy atom. The highest BCUT2D eigenvalue weighted by atomic mass is 15.2. The van der Waals surface area contributed by atoms with Crippen molar-refractivity contribution in [3.8, 4) is 18.0 Å². The van der Waals surface area contributed by atoms with Gasteiger partial charge in [0, 0.05) is 25.5 Å². The zero-order valence-corrected chi connectivity index (χ0v) is 11.3. The van der Waals surface area contributed by atoms with Gasteiger partial charge in [-0.05, 0) is 0 Å². The fraction of sp³-hybridized carbons (Fsp3) is 0.308. The van der Waals surface area contributed by atoms with Crippen LogP contribution in [0.4, 0.5) is 11.5 Å². The van der Waals surface area contributed by atoms with E-state index in [1.54, 1.807) is 23.3 Å². The Balaban J connectivity index is 2.34. The Bertz CT molecular complexity index is 646. The zero-order valence-electron chi connectivity index (χ0n) is 11.3. The molecule has 2 aromatic heterocycles. The van der Waals surface area contributed by atoms with Crippen LogP contribution < -0.4 is 10.6 Å². The molecule has 0 radical (unpaired) electrons. The van der Waals surface area contributed by atoms with E-state index in [4.69, 9.17) is 16.3 Å². The maximum absolute atomic E-state index is 8.74. The number of nitriles is 2. The summed E-state index contributed by atoms with van der Waals surface area (Å²) in [7, 11) is 0. The summed E-state index contributed by atoms with van der Waals surface area (Å²) in [6, 6.07) is 4.16. The monoisotopic (exact) mass is 282 g/mol. The molecular weight excluding hydrogens is 268 g/mol. The first kappa shape index (κ1) is 14.3. The molecule has 8 nitrogen and oxygen atoms in total. The predicted molar refractivity (Wildman–Crippen MR) is 76.2 cm³/mol. The Morgan fingerprint density at radius 3 is 2.48 bits per heavy atom. The van der Waals surface area contributed by atoms with Gasteiger partial charge in [-0.3, -0.25) is 4.57 Å². The smallest absolute Gasteiger partial charge is 0.166 e. The van der Waals surface area contributed by atoms with Gasteiger partial charge in [0.1, 0.15) is 18.3 Å². The summed E-state index contributed by atoms with van der Waals surface area (Å²) in [5, 5.41) is 17.5. The lowest BCUT2D eigenvalue weighted by molar-refractivity contribution is 0.779. The fourth-order valence-corrected chi connectivity index (χ4v) is 1.91. The molecule has 2 rings (SSSR count). The van der Waals surface area contributed by atoms with Gasteiger partial charge in [0.05, 0.1) is 25.0 Å². The largest absolute Gasteiger partial charge is 0.393 e. The fourth-order valence-electron chi connectivity index (χ4n) is 1.91. The number of imidazole rings is 1. The molecule has 21 heavy (non-hydrogen) atoms. The molecule has 2 heterocycles. The molecule has 0 aliphatic rings. The second-order valence-corrected chi connectivity index (χ2v) is 4.21. The van der Waals surface area contributed by atoms with Crippen molar-refractivity contribution in [3.05, 3.63) is 25.0 Å². The summed E-state index contributed by atoms with van der Waals surface area (Å²) in [6.07, 6.45) is 7.02. The number of nitrogen functional groups attached to an aromatic ring is 1. The summed E-state index contributed by atoms with van der Waals surface area (Å²) in [5.41, 5.74) is 6.53. The van der Waals surface area contributed by atoms with Crippen LogP contribution in [0.2, 0.25) is 0 Å². The quantitative estimate of drug-likeness (QED) is 0.834. The molecule has 0 saturated carbocycles. The SMILES string of the molecule is N#CCCN(CCC#N)c1ncnc(-n2ccnc2)c1N. The number of nitrogens with zero attached hydrogens (tertiary/aromatic N) is 7. The number of nitrogens with two attached hydrogens (primary N) is 1. The van der Waals surface area contributed by atoms with Gasteiger partial charge < -0.3 is 10.6 Å². The van der Waals surface area contributed by atoms with Crippen molar-refractivity contribution >= 4 is 11.5 Å². The standard InChI is InChI=1S/C13H14N8/c14-3-1-6-20(7-2-4-15)12-11(16)13(19-9-18-12)21-8-5-17-10-21/h5,8-10H,1-2,6-7,16H2. The maximum atomic E-state index is 8.74. The van der Waals surface area contributed by atoms with E-state index in [1.165, 1.54) is 6.33 Å². The van der Waals surface area contributed by atoms with Crippen molar-refractivity contribution in [1.29, 1.82) is 10.5 Å². The second kappa shape index (κ2) is 6.87. The highest BCUT2D eigenvalue weighted by Crippen LogP contribution is 2.25. The van der Waals surface area contributed by atoms with Crippen molar-refractivity contribution < 1.29 is 0 Å². The van der Waals surface area contributed by atoms with Crippen molar-refractivity contribution in [2.45, 2.75) is 12.8 Å². The molecule has 0 aromatic carbocycles. The molecule has 0 unspecified atom stereocenters. The van der Waals surface area contributed by atoms with E-state index < -0.39 is 0 Å². The molecule has 0 aliphatic heterocycles. The van der Waals surface area contributed by atoms with Gasteiger partial charge >= 0.3 is 0 Å². The highest BCUT2D eigenvalue weighted by Gasteiger charge is 2.15. The van der Waals surface area contributed by atoms with Crippen LogP contribution in [0.1, 0.15) is 12.8 Å². The normalized spacial score (nSPS) is 9.81. The number of rotatable bonds is 6. The molecule has 2 N–H and O–H groups in total. The molecule has 106 valence electrons. The Morgan fingerprint density at radius 1 is 1.19 bits per heavy atom. The van der Waals surface area contributed by atoms with E-state index in [9.17, 15) is 0 Å². The third kappa shape index (κ3) is 3.25. The first-order chi connectivity index (χ1) is 10.3. The number of anilines is 2. The van der Waals surface area contributed by atoms with Crippen LogP contribution in [0, 0.1) is 22.7 Å². The van der Waals surface area contributed by atoms with Crippen LogP contribution in [-0.4, -0.2) is 32.6 Å². The third-order valence-corrected chi connectivity index (χ3v) is 2.88. The number of hydrogen-bond acceptors (Lipinski definition) is 7. The summed E-state index contributed by atoms with van der Waals surface area (Å²) in [6.45, 7) is 0.922. The van der Waals surface area contributed by atoms with E-state index in [0.29, 0.717) is 43.3 Å². The van der Waals surface area contributed by atoms with Gasteiger partial charge in [-0.25, -0.2) is 15.0 Å². The topological polar surface area (TPSA) is 120 Å². The van der Waals surface area contributed by atoms with Crippen LogP contribution in [0.5, 0.6) is 0 Å². The minimum atomic E-state index is 0.329. The van der Waals surface area contributed by atoms with Crippen molar-refractivity contribution in [2.24, 2.45) is 0 Å². The average Bonchev–Trinajstić information content (AvgIpc) is 3.02. The molecule has 0 amide bonds. The van der Waals surface area contributed by atoms with Crippen molar-refractivity contribution in [2.75, 3.05) is 23.7 Å². The number of aromatic nitrogens is 4. The Kier molecular flexibility index (Phi) is 4.67. The van der Waals surface area contributed by atoms with Gasteiger partial charge in [-0.2, -0.15) is 10.5 Å². The average molecular weight is 282 g/mol. The van der Waals surface area contributed by atoms with E-state index in [1.807, 2.05) is 4.90 Å². The molecule has 0 bridgehead atoms. The molecular formula is C13H14N8. The van der Waals surface area contributed by atoms with Crippen LogP contribution in [0.25, 0.3) is 5.82 Å². The Hall–Kier alpha value is -3.13. The predicted octanol–water partition coefficient (Wildman–Crippen LogP) is 0.878.